The molecule has 1 aromatic heterocycles. The molecule has 0 spiro atoms. The summed E-state index contributed by atoms with van der Waals surface area (Å²) < 4.78 is 36.5. The number of allylic oxidation sites excluding steroid dienone is 1. The van der Waals surface area contributed by atoms with Crippen molar-refractivity contribution in [2.45, 2.75) is 6.61 Å². The first kappa shape index (κ1) is 17.4. The molecule has 1 heterocycles. The van der Waals surface area contributed by atoms with Gasteiger partial charge in [-0.2, -0.15) is 14.0 Å². The maximum atomic E-state index is 12.6. The summed E-state index contributed by atoms with van der Waals surface area (Å²) in [5.74, 6) is 0.572. The highest BCUT2D eigenvalue weighted by molar-refractivity contribution is 5.91. The number of benzene rings is 2. The lowest BCUT2D eigenvalue weighted by atomic mass is 10.1. The summed E-state index contributed by atoms with van der Waals surface area (Å²) in [5.41, 5.74) is 2.48. The third-order valence-corrected chi connectivity index (χ3v) is 3.86. The van der Waals surface area contributed by atoms with Crippen molar-refractivity contribution in [1.82, 2.24) is 9.55 Å². The summed E-state index contributed by atoms with van der Waals surface area (Å²) in [4.78, 5) is 4.48. The van der Waals surface area contributed by atoms with Crippen molar-refractivity contribution in [2.75, 3.05) is 7.11 Å². The molecule has 0 amide bonds. The number of alkyl halides is 2. The Kier molecular flexibility index (Phi) is 4.85. The lowest BCUT2D eigenvalue weighted by Gasteiger charge is -2.10. The van der Waals surface area contributed by atoms with E-state index in [2.05, 4.69) is 15.8 Å². The van der Waals surface area contributed by atoms with E-state index < -0.39 is 6.61 Å². The summed E-state index contributed by atoms with van der Waals surface area (Å²) in [5, 5.41) is 9.56. The highest BCUT2D eigenvalue weighted by Gasteiger charge is 2.14. The molecule has 7 heteroatoms. The van der Waals surface area contributed by atoms with Gasteiger partial charge in [-0.3, -0.25) is 0 Å². The van der Waals surface area contributed by atoms with E-state index in [4.69, 9.17) is 4.74 Å². The minimum Gasteiger partial charge on any atom is -0.493 e. The predicted octanol–water partition coefficient (Wildman–Crippen LogP) is 4.25. The Morgan fingerprint density at radius 2 is 2.00 bits per heavy atom. The molecule has 0 unspecified atom stereocenters. The van der Waals surface area contributed by atoms with Crippen LogP contribution in [0, 0.1) is 11.3 Å². The van der Waals surface area contributed by atoms with Crippen LogP contribution in [0.3, 0.4) is 0 Å². The molecule has 3 rings (SSSR count). The number of halogens is 2. The Hall–Kier alpha value is -3.40. The zero-order valence-electron chi connectivity index (χ0n) is 14.1. The average Bonchev–Trinajstić information content (AvgIpc) is 2.96. The molecular weight excluding hydrogens is 340 g/mol. The van der Waals surface area contributed by atoms with Crippen molar-refractivity contribution in [3.63, 3.8) is 0 Å². The van der Waals surface area contributed by atoms with E-state index in [-0.39, 0.29) is 11.5 Å². The highest BCUT2D eigenvalue weighted by atomic mass is 19.3. The number of hydrogen-bond donors (Lipinski definition) is 0. The van der Waals surface area contributed by atoms with Crippen molar-refractivity contribution in [3.05, 3.63) is 53.9 Å². The smallest absolute Gasteiger partial charge is 0.387 e. The third kappa shape index (κ3) is 3.35. The monoisotopic (exact) mass is 355 g/mol. The van der Waals surface area contributed by atoms with Crippen LogP contribution in [-0.4, -0.2) is 23.3 Å². The molecule has 5 nitrogen and oxygen atoms in total. The molecule has 0 aliphatic carbocycles. The predicted molar refractivity (Wildman–Crippen MR) is 93.8 cm³/mol. The van der Waals surface area contributed by atoms with Crippen LogP contribution in [-0.2, 0) is 7.05 Å². The Morgan fingerprint density at radius 1 is 1.23 bits per heavy atom. The molecule has 0 saturated carbocycles. The van der Waals surface area contributed by atoms with Gasteiger partial charge in [0.15, 0.2) is 17.3 Å². The van der Waals surface area contributed by atoms with Crippen LogP contribution < -0.4 is 9.47 Å². The lowest BCUT2D eigenvalue weighted by Crippen LogP contribution is -2.03. The largest absolute Gasteiger partial charge is 0.493 e. The molecule has 3 aromatic rings. The number of imidazole rings is 1. The molecule has 132 valence electrons. The summed E-state index contributed by atoms with van der Waals surface area (Å²) in [6.45, 7) is -2.97. The minimum atomic E-state index is -2.97. The van der Waals surface area contributed by atoms with Gasteiger partial charge in [0.1, 0.15) is 6.07 Å². The average molecular weight is 355 g/mol. The maximum Gasteiger partial charge on any atom is 0.387 e. The number of rotatable bonds is 5. The van der Waals surface area contributed by atoms with Gasteiger partial charge in [0.05, 0.1) is 23.7 Å². The van der Waals surface area contributed by atoms with E-state index in [1.165, 1.54) is 19.2 Å². The van der Waals surface area contributed by atoms with Crippen LogP contribution >= 0.6 is 0 Å². The van der Waals surface area contributed by atoms with Gasteiger partial charge in [-0.05, 0) is 35.9 Å². The van der Waals surface area contributed by atoms with Crippen LogP contribution in [0.15, 0.2) is 42.5 Å². The van der Waals surface area contributed by atoms with E-state index in [1.54, 1.807) is 12.1 Å². The zero-order chi connectivity index (χ0) is 18.7. The molecular formula is C19H15F2N3O2. The van der Waals surface area contributed by atoms with Gasteiger partial charge in [-0.25, -0.2) is 4.98 Å². The lowest BCUT2D eigenvalue weighted by molar-refractivity contribution is -0.0512. The van der Waals surface area contributed by atoms with Crippen molar-refractivity contribution in [1.29, 1.82) is 5.26 Å². The Balaban J connectivity index is 2.06. The SMILES string of the molecule is COc1ccc(/C=C(\C#N)c2nc3ccccc3n2C)cc1OC(F)F. The zero-order valence-corrected chi connectivity index (χ0v) is 14.1. The highest BCUT2D eigenvalue weighted by Crippen LogP contribution is 2.31. The Bertz CT molecular complexity index is 1020. The topological polar surface area (TPSA) is 60.1 Å². The van der Waals surface area contributed by atoms with Crippen LogP contribution in [0.4, 0.5) is 8.78 Å². The molecule has 0 radical (unpaired) electrons. The first-order chi connectivity index (χ1) is 12.5. The summed E-state index contributed by atoms with van der Waals surface area (Å²) in [6.07, 6.45) is 1.57. The van der Waals surface area contributed by atoms with Crippen molar-refractivity contribution in [2.24, 2.45) is 7.05 Å². The second-order valence-electron chi connectivity index (χ2n) is 5.44. The number of nitriles is 1. The van der Waals surface area contributed by atoms with Crippen molar-refractivity contribution < 1.29 is 18.3 Å². The van der Waals surface area contributed by atoms with Gasteiger partial charge in [-0.15, -0.1) is 0 Å². The van der Waals surface area contributed by atoms with Gasteiger partial charge in [0, 0.05) is 7.05 Å². The molecule has 2 aromatic carbocycles. The standard InChI is InChI=1S/C19H15F2N3O2/c1-24-15-6-4-3-5-14(15)23-18(24)13(11-22)9-12-7-8-16(25-2)17(10-12)26-19(20)21/h3-10,19H,1-2H3/b13-9+. The molecule has 26 heavy (non-hydrogen) atoms. The normalized spacial score (nSPS) is 11.6. The summed E-state index contributed by atoms with van der Waals surface area (Å²) in [6, 6.07) is 14.2. The number of hydrogen-bond acceptors (Lipinski definition) is 4. The van der Waals surface area contributed by atoms with E-state index in [9.17, 15) is 14.0 Å². The van der Waals surface area contributed by atoms with Gasteiger partial charge in [0.2, 0.25) is 0 Å². The first-order valence-corrected chi connectivity index (χ1v) is 7.70. The fourth-order valence-corrected chi connectivity index (χ4v) is 2.67. The van der Waals surface area contributed by atoms with Crippen LogP contribution in [0.2, 0.25) is 0 Å². The molecule has 0 saturated heterocycles. The molecule has 0 N–H and O–H groups in total. The van der Waals surface area contributed by atoms with Crippen molar-refractivity contribution in [3.8, 4) is 17.6 Å². The number of fused-ring (bicyclic) bond motifs is 1. The van der Waals surface area contributed by atoms with E-state index in [0.717, 1.165) is 11.0 Å². The first-order valence-electron chi connectivity index (χ1n) is 7.70. The van der Waals surface area contributed by atoms with Gasteiger partial charge < -0.3 is 14.0 Å². The molecule has 0 atom stereocenters. The van der Waals surface area contributed by atoms with Crippen LogP contribution in [0.25, 0.3) is 22.7 Å². The van der Waals surface area contributed by atoms with E-state index in [0.29, 0.717) is 17.0 Å². The molecule has 0 bridgehead atoms. The number of para-hydroxylation sites is 2. The fraction of sp³-hybridized carbons (Fsp3) is 0.158. The number of methoxy groups -OCH3 is 1. The number of nitrogens with zero attached hydrogens (tertiary/aromatic N) is 3. The maximum absolute atomic E-state index is 12.6. The van der Waals surface area contributed by atoms with Crippen molar-refractivity contribution >= 4 is 22.7 Å². The van der Waals surface area contributed by atoms with Gasteiger partial charge >= 0.3 is 6.61 Å². The third-order valence-electron chi connectivity index (χ3n) is 3.86. The minimum absolute atomic E-state index is 0.0986. The molecule has 0 aliphatic rings. The van der Waals surface area contributed by atoms with E-state index in [1.807, 2.05) is 35.9 Å². The second-order valence-corrected chi connectivity index (χ2v) is 5.44. The Labute approximate surface area is 148 Å². The van der Waals surface area contributed by atoms with Gasteiger partial charge in [-0.1, -0.05) is 18.2 Å². The number of ether oxygens (including phenoxy) is 2. The second kappa shape index (κ2) is 7.23. The Morgan fingerprint density at radius 3 is 2.65 bits per heavy atom. The quantitative estimate of drug-likeness (QED) is 0.642. The summed E-state index contributed by atoms with van der Waals surface area (Å²) >= 11 is 0. The van der Waals surface area contributed by atoms with Crippen LogP contribution in [0.1, 0.15) is 11.4 Å². The van der Waals surface area contributed by atoms with Crippen LogP contribution in [0.5, 0.6) is 11.5 Å². The number of aryl methyl sites for hydroxylation is 1. The van der Waals surface area contributed by atoms with Gasteiger partial charge in [0.25, 0.3) is 0 Å². The molecule has 0 fully saturated rings. The summed E-state index contributed by atoms with van der Waals surface area (Å²) in [7, 11) is 3.18. The fourth-order valence-electron chi connectivity index (χ4n) is 2.67. The molecule has 0 aliphatic heterocycles. The van der Waals surface area contributed by atoms with E-state index >= 15 is 0 Å². The number of aromatic nitrogens is 2.